The van der Waals surface area contributed by atoms with Crippen LogP contribution in [0.4, 0.5) is 5.69 Å². The molecule has 0 aliphatic heterocycles. The van der Waals surface area contributed by atoms with Crippen molar-refractivity contribution in [3.63, 3.8) is 0 Å². The van der Waals surface area contributed by atoms with E-state index in [4.69, 9.17) is 32.7 Å². The Morgan fingerprint density at radius 1 is 1.08 bits per heavy atom. The Bertz CT molecular complexity index is 1110. The summed E-state index contributed by atoms with van der Waals surface area (Å²) in [5.41, 5.74) is 1.97. The fourth-order valence-electron chi connectivity index (χ4n) is 4.81. The minimum absolute atomic E-state index is 0.00714. The van der Waals surface area contributed by atoms with E-state index in [0.29, 0.717) is 18.2 Å². The highest BCUT2D eigenvalue weighted by atomic mass is 35.5. The molecule has 0 unspecified atom stereocenters. The minimum Gasteiger partial charge on any atom is -0.481 e. The number of halogens is 2. The minimum atomic E-state index is -2.07. The number of hydrogen-bond acceptors (Lipinski definition) is 5. The topological polar surface area (TPSA) is 92.6 Å². The smallest absolute Gasteiger partial charge is 0.303 e. The van der Waals surface area contributed by atoms with Crippen LogP contribution in [0.5, 0.6) is 0 Å². The summed E-state index contributed by atoms with van der Waals surface area (Å²) in [5, 5.41) is 9.14. The standard InChI is InChI=1S/C28H39Cl2N3O4Si/c1-18(37-38(5,6)28(2,3)4)16-33(27(36)24-25(29)31-17-32-26(24)30)22-13-11-21(12-14-22)20-9-7-19(8-10-20)15-23(34)35/h11-14,17-20H,7-10,15-16H2,1-6H3,(H,34,35)/t18-,19-,20-/m1/s1. The summed E-state index contributed by atoms with van der Waals surface area (Å²) >= 11 is 12.6. The third-order valence-corrected chi connectivity index (χ3v) is 13.1. The van der Waals surface area contributed by atoms with Gasteiger partial charge in [-0.05, 0) is 80.3 Å². The van der Waals surface area contributed by atoms with Crippen molar-refractivity contribution in [2.45, 2.75) is 90.0 Å². The molecule has 0 bridgehead atoms. The summed E-state index contributed by atoms with van der Waals surface area (Å²) in [6.07, 6.45) is 4.99. The molecular weight excluding hydrogens is 541 g/mol. The van der Waals surface area contributed by atoms with E-state index in [0.717, 1.165) is 25.7 Å². The fourth-order valence-corrected chi connectivity index (χ4v) is 6.72. The number of nitrogens with zero attached hydrogens (tertiary/aromatic N) is 3. The SMILES string of the molecule is C[C@H](CN(C(=O)c1c(Cl)ncnc1Cl)c1ccc([C@H]2CC[C@H](CC(=O)O)CC2)cc1)O[Si](C)(C)C(C)(C)C. The number of carboxylic acid groups (broad SMARTS) is 1. The zero-order valence-electron chi connectivity index (χ0n) is 23.1. The lowest BCUT2D eigenvalue weighted by atomic mass is 9.77. The first-order chi connectivity index (χ1) is 17.7. The third kappa shape index (κ3) is 7.55. The number of carbonyl (C=O) groups is 2. The first kappa shape index (κ1) is 30.5. The predicted molar refractivity (Wildman–Crippen MR) is 155 cm³/mol. The van der Waals surface area contributed by atoms with Gasteiger partial charge in [0.15, 0.2) is 8.32 Å². The number of aromatic nitrogens is 2. The molecule has 1 N–H and O–H groups in total. The number of benzene rings is 1. The molecule has 0 saturated heterocycles. The molecule has 38 heavy (non-hydrogen) atoms. The molecule has 0 radical (unpaired) electrons. The monoisotopic (exact) mass is 579 g/mol. The van der Waals surface area contributed by atoms with Gasteiger partial charge in [-0.3, -0.25) is 9.59 Å². The molecule has 208 valence electrons. The van der Waals surface area contributed by atoms with Crippen molar-refractivity contribution in [3.05, 3.63) is 52.0 Å². The van der Waals surface area contributed by atoms with Crippen LogP contribution in [-0.2, 0) is 9.22 Å². The lowest BCUT2D eigenvalue weighted by molar-refractivity contribution is -0.138. The normalized spacial score (nSPS) is 19.2. The van der Waals surface area contributed by atoms with Crippen molar-refractivity contribution in [2.75, 3.05) is 11.4 Å². The number of anilines is 1. The highest BCUT2D eigenvalue weighted by Crippen LogP contribution is 2.39. The van der Waals surface area contributed by atoms with E-state index in [1.807, 2.05) is 19.1 Å². The molecule has 1 aliphatic carbocycles. The molecule has 1 heterocycles. The van der Waals surface area contributed by atoms with E-state index in [1.165, 1.54) is 11.9 Å². The number of carboxylic acids is 1. The molecule has 1 aromatic heterocycles. The Balaban J connectivity index is 1.85. The molecule has 10 heteroatoms. The van der Waals surface area contributed by atoms with Crippen molar-refractivity contribution >= 4 is 49.1 Å². The Hall–Kier alpha value is -2.00. The average molecular weight is 581 g/mol. The third-order valence-electron chi connectivity index (χ3n) is 7.94. The number of rotatable bonds is 9. The zero-order chi connectivity index (χ0) is 28.3. The van der Waals surface area contributed by atoms with E-state index >= 15 is 0 Å². The molecule has 1 amide bonds. The quantitative estimate of drug-likeness (QED) is 0.243. The molecule has 2 aromatic rings. The fraction of sp³-hybridized carbons (Fsp3) is 0.571. The van der Waals surface area contributed by atoms with Crippen LogP contribution in [0.15, 0.2) is 30.6 Å². The van der Waals surface area contributed by atoms with Gasteiger partial charge in [-0.1, -0.05) is 56.1 Å². The maximum atomic E-state index is 13.8. The van der Waals surface area contributed by atoms with Crippen LogP contribution in [0, 0.1) is 5.92 Å². The second-order valence-electron chi connectivity index (χ2n) is 11.8. The van der Waals surface area contributed by atoms with Crippen LogP contribution >= 0.6 is 23.2 Å². The second kappa shape index (κ2) is 12.5. The first-order valence-corrected chi connectivity index (χ1v) is 16.8. The molecular formula is C28H39Cl2N3O4Si. The van der Waals surface area contributed by atoms with Crippen LogP contribution in [0.1, 0.15) is 81.6 Å². The second-order valence-corrected chi connectivity index (χ2v) is 17.3. The van der Waals surface area contributed by atoms with Gasteiger partial charge in [0.25, 0.3) is 5.91 Å². The maximum Gasteiger partial charge on any atom is 0.303 e. The maximum absolute atomic E-state index is 13.8. The molecule has 1 fully saturated rings. The van der Waals surface area contributed by atoms with E-state index < -0.39 is 14.3 Å². The Morgan fingerprint density at radius 3 is 2.13 bits per heavy atom. The zero-order valence-corrected chi connectivity index (χ0v) is 25.6. The van der Waals surface area contributed by atoms with Crippen LogP contribution in [-0.4, -0.2) is 47.9 Å². The van der Waals surface area contributed by atoms with Gasteiger partial charge >= 0.3 is 5.97 Å². The summed E-state index contributed by atoms with van der Waals surface area (Å²) in [4.78, 5) is 34.4. The molecule has 1 atom stereocenters. The Morgan fingerprint density at radius 2 is 1.63 bits per heavy atom. The van der Waals surface area contributed by atoms with E-state index in [1.54, 1.807) is 4.90 Å². The Labute approximate surface area is 237 Å². The predicted octanol–water partition coefficient (Wildman–Crippen LogP) is 7.59. The van der Waals surface area contributed by atoms with Crippen LogP contribution < -0.4 is 4.90 Å². The summed E-state index contributed by atoms with van der Waals surface area (Å²) in [6, 6.07) is 8.01. The van der Waals surface area contributed by atoms with Crippen molar-refractivity contribution < 1.29 is 19.1 Å². The molecule has 1 aliphatic rings. The number of aliphatic carboxylic acids is 1. The molecule has 1 aromatic carbocycles. The van der Waals surface area contributed by atoms with Gasteiger partial charge in [-0.15, -0.1) is 0 Å². The van der Waals surface area contributed by atoms with Crippen LogP contribution in [0.25, 0.3) is 0 Å². The van der Waals surface area contributed by atoms with Gasteiger partial charge in [0.1, 0.15) is 22.2 Å². The highest BCUT2D eigenvalue weighted by molar-refractivity contribution is 6.74. The lowest BCUT2D eigenvalue weighted by Crippen LogP contribution is -2.47. The molecule has 0 spiro atoms. The van der Waals surface area contributed by atoms with Crippen molar-refractivity contribution in [1.82, 2.24) is 9.97 Å². The van der Waals surface area contributed by atoms with Gasteiger partial charge in [0.05, 0.1) is 12.6 Å². The van der Waals surface area contributed by atoms with Crippen molar-refractivity contribution in [3.8, 4) is 0 Å². The summed E-state index contributed by atoms with van der Waals surface area (Å²) in [6.45, 7) is 13.2. The average Bonchev–Trinajstić information content (AvgIpc) is 2.81. The highest BCUT2D eigenvalue weighted by Gasteiger charge is 2.39. The van der Waals surface area contributed by atoms with Crippen LogP contribution in [0.3, 0.4) is 0 Å². The van der Waals surface area contributed by atoms with Gasteiger partial charge < -0.3 is 14.4 Å². The van der Waals surface area contributed by atoms with Crippen molar-refractivity contribution in [1.29, 1.82) is 0 Å². The number of carbonyl (C=O) groups excluding carboxylic acids is 1. The number of hydrogen-bond donors (Lipinski definition) is 1. The molecule has 7 nitrogen and oxygen atoms in total. The summed E-state index contributed by atoms with van der Waals surface area (Å²) in [5.74, 6) is -0.474. The van der Waals surface area contributed by atoms with E-state index in [2.05, 4.69) is 56.0 Å². The molecule has 1 saturated carbocycles. The Kier molecular flexibility index (Phi) is 10.0. The first-order valence-electron chi connectivity index (χ1n) is 13.2. The summed E-state index contributed by atoms with van der Waals surface area (Å²) in [7, 11) is -2.07. The van der Waals surface area contributed by atoms with E-state index in [-0.39, 0.29) is 45.3 Å². The van der Waals surface area contributed by atoms with E-state index in [9.17, 15) is 9.59 Å². The summed E-state index contributed by atoms with van der Waals surface area (Å²) < 4.78 is 6.56. The number of amides is 1. The van der Waals surface area contributed by atoms with Gasteiger partial charge in [-0.25, -0.2) is 9.97 Å². The largest absolute Gasteiger partial charge is 0.481 e. The van der Waals surface area contributed by atoms with Gasteiger partial charge in [-0.2, -0.15) is 0 Å². The van der Waals surface area contributed by atoms with Crippen LogP contribution in [0.2, 0.25) is 28.4 Å². The van der Waals surface area contributed by atoms with Gasteiger partial charge in [0, 0.05) is 12.1 Å². The lowest BCUT2D eigenvalue weighted by Gasteiger charge is -2.39. The van der Waals surface area contributed by atoms with Gasteiger partial charge in [0.2, 0.25) is 0 Å². The van der Waals surface area contributed by atoms with Crippen molar-refractivity contribution in [2.24, 2.45) is 5.92 Å². The molecule has 3 rings (SSSR count).